The minimum absolute atomic E-state index is 0.269. The Balaban J connectivity index is 1.85. The van der Waals surface area contributed by atoms with E-state index in [1.165, 1.54) is 18.4 Å². The third-order valence-electron chi connectivity index (χ3n) is 3.38. The van der Waals surface area contributed by atoms with E-state index in [0.29, 0.717) is 12.5 Å². The first-order valence-corrected chi connectivity index (χ1v) is 5.76. The molecule has 1 aliphatic carbocycles. The van der Waals surface area contributed by atoms with Gasteiger partial charge in [-0.1, -0.05) is 6.07 Å². The molecular weight excluding hydrogens is 198 g/mol. The van der Waals surface area contributed by atoms with Crippen molar-refractivity contribution in [2.24, 2.45) is 5.41 Å². The molecule has 0 spiro atoms. The second-order valence-electron chi connectivity index (χ2n) is 4.72. The van der Waals surface area contributed by atoms with Crippen LogP contribution in [0, 0.1) is 16.7 Å². The molecule has 0 saturated heterocycles. The van der Waals surface area contributed by atoms with Crippen LogP contribution < -0.4 is 5.32 Å². The van der Waals surface area contributed by atoms with Gasteiger partial charge in [-0.05, 0) is 36.8 Å². The molecule has 0 aromatic carbocycles. The number of hydrogen-bond donors (Lipinski definition) is 1. The Morgan fingerprint density at radius 3 is 3.00 bits per heavy atom. The molecule has 1 atom stereocenters. The minimum Gasteiger partial charge on any atom is -0.310 e. The lowest BCUT2D eigenvalue weighted by molar-refractivity contribution is 0.432. The van der Waals surface area contributed by atoms with E-state index in [9.17, 15) is 0 Å². The van der Waals surface area contributed by atoms with Crippen molar-refractivity contribution in [3.8, 4) is 6.07 Å². The minimum atomic E-state index is 0.269. The van der Waals surface area contributed by atoms with Crippen LogP contribution in [0.25, 0.3) is 0 Å². The van der Waals surface area contributed by atoms with Crippen molar-refractivity contribution in [3.63, 3.8) is 0 Å². The Morgan fingerprint density at radius 2 is 2.44 bits per heavy atom. The van der Waals surface area contributed by atoms with E-state index < -0.39 is 0 Å². The van der Waals surface area contributed by atoms with E-state index in [-0.39, 0.29) is 5.41 Å². The van der Waals surface area contributed by atoms with E-state index in [1.54, 1.807) is 6.20 Å². The maximum Gasteiger partial charge on any atom is 0.0628 e. The van der Waals surface area contributed by atoms with Gasteiger partial charge in [-0.15, -0.1) is 0 Å². The number of hydrogen-bond acceptors (Lipinski definition) is 3. The summed E-state index contributed by atoms with van der Waals surface area (Å²) in [5.74, 6) is 0. The fourth-order valence-electron chi connectivity index (χ4n) is 1.88. The van der Waals surface area contributed by atoms with E-state index >= 15 is 0 Å². The van der Waals surface area contributed by atoms with Gasteiger partial charge in [0.2, 0.25) is 0 Å². The predicted molar refractivity (Wildman–Crippen MR) is 62.6 cm³/mol. The topological polar surface area (TPSA) is 48.7 Å². The Hall–Kier alpha value is -1.40. The van der Waals surface area contributed by atoms with Crippen molar-refractivity contribution in [2.75, 3.05) is 6.54 Å². The molecule has 0 bridgehead atoms. The Bertz CT molecular complexity index is 376. The largest absolute Gasteiger partial charge is 0.310 e. The molecule has 1 saturated carbocycles. The maximum absolute atomic E-state index is 8.74. The summed E-state index contributed by atoms with van der Waals surface area (Å²) in [4.78, 5) is 4.11. The molecule has 3 nitrogen and oxygen atoms in total. The van der Waals surface area contributed by atoms with Crippen LogP contribution in [0.4, 0.5) is 0 Å². The average Bonchev–Trinajstić information content (AvgIpc) is 3.08. The van der Waals surface area contributed by atoms with Crippen molar-refractivity contribution in [3.05, 3.63) is 30.1 Å². The highest BCUT2D eigenvalue weighted by atomic mass is 14.9. The molecule has 1 N–H and O–H groups in total. The van der Waals surface area contributed by atoms with Crippen molar-refractivity contribution in [1.29, 1.82) is 5.26 Å². The van der Waals surface area contributed by atoms with Gasteiger partial charge in [0.1, 0.15) is 0 Å². The summed E-state index contributed by atoms with van der Waals surface area (Å²) in [5, 5.41) is 12.2. The molecule has 0 aliphatic heterocycles. The number of nitriles is 1. The normalized spacial score (nSPS) is 18.8. The van der Waals surface area contributed by atoms with Gasteiger partial charge in [-0.25, -0.2) is 0 Å². The fourth-order valence-corrected chi connectivity index (χ4v) is 1.88. The van der Waals surface area contributed by atoms with Gasteiger partial charge in [0.25, 0.3) is 0 Å². The molecule has 1 aromatic heterocycles. The van der Waals surface area contributed by atoms with Gasteiger partial charge in [0.05, 0.1) is 6.07 Å². The van der Waals surface area contributed by atoms with Crippen LogP contribution in [-0.2, 0) is 0 Å². The summed E-state index contributed by atoms with van der Waals surface area (Å²) in [7, 11) is 0. The quantitative estimate of drug-likeness (QED) is 0.820. The van der Waals surface area contributed by atoms with Gasteiger partial charge in [-0.3, -0.25) is 4.98 Å². The standard InChI is InChI=1S/C13H17N3/c1-11(12-3-2-8-15-9-12)16-10-13(4-5-13)6-7-14/h2-3,8-9,11,16H,4-6,10H2,1H3/t11-/m0/s1. The summed E-state index contributed by atoms with van der Waals surface area (Å²) in [5.41, 5.74) is 1.47. The average molecular weight is 215 g/mol. The van der Waals surface area contributed by atoms with Crippen LogP contribution in [0.5, 0.6) is 0 Å². The highest BCUT2D eigenvalue weighted by Gasteiger charge is 2.42. The monoisotopic (exact) mass is 215 g/mol. The van der Waals surface area contributed by atoms with Crippen LogP contribution in [0.1, 0.15) is 37.8 Å². The number of nitrogens with one attached hydrogen (secondary N) is 1. The molecule has 3 heteroatoms. The maximum atomic E-state index is 8.74. The van der Waals surface area contributed by atoms with Gasteiger partial charge in [0, 0.05) is 31.4 Å². The van der Waals surface area contributed by atoms with Crippen molar-refractivity contribution in [2.45, 2.75) is 32.2 Å². The molecule has 2 rings (SSSR count). The second-order valence-corrected chi connectivity index (χ2v) is 4.72. The van der Waals surface area contributed by atoms with E-state index in [2.05, 4.69) is 29.4 Å². The lowest BCUT2D eigenvalue weighted by Crippen LogP contribution is -2.26. The molecule has 0 radical (unpaired) electrons. The summed E-state index contributed by atoms with van der Waals surface area (Å²) < 4.78 is 0. The summed E-state index contributed by atoms with van der Waals surface area (Å²) in [6.45, 7) is 3.08. The number of rotatable bonds is 5. The SMILES string of the molecule is C[C@H](NCC1(CC#N)CC1)c1cccnc1. The van der Waals surface area contributed by atoms with E-state index in [4.69, 9.17) is 5.26 Å². The molecule has 16 heavy (non-hydrogen) atoms. The van der Waals surface area contributed by atoms with Crippen molar-refractivity contribution in [1.82, 2.24) is 10.3 Å². The third-order valence-corrected chi connectivity index (χ3v) is 3.38. The third kappa shape index (κ3) is 2.59. The van der Waals surface area contributed by atoms with Crippen molar-refractivity contribution < 1.29 is 0 Å². The van der Waals surface area contributed by atoms with Crippen LogP contribution >= 0.6 is 0 Å². The molecule has 0 unspecified atom stereocenters. The first kappa shape index (κ1) is 11.1. The summed E-state index contributed by atoms with van der Waals surface area (Å²) >= 11 is 0. The zero-order valence-corrected chi connectivity index (χ0v) is 9.61. The fraction of sp³-hybridized carbons (Fsp3) is 0.538. The van der Waals surface area contributed by atoms with Gasteiger partial charge in [0.15, 0.2) is 0 Å². The highest BCUT2D eigenvalue weighted by molar-refractivity contribution is 5.13. The molecule has 1 aromatic rings. The number of nitrogens with zero attached hydrogens (tertiary/aromatic N) is 2. The van der Waals surface area contributed by atoms with E-state index in [1.807, 2.05) is 12.3 Å². The van der Waals surface area contributed by atoms with Crippen LogP contribution in [0.3, 0.4) is 0 Å². The Kier molecular flexibility index (Phi) is 3.21. The molecule has 1 fully saturated rings. The highest BCUT2D eigenvalue weighted by Crippen LogP contribution is 2.48. The molecule has 1 heterocycles. The van der Waals surface area contributed by atoms with E-state index in [0.717, 1.165) is 6.54 Å². The van der Waals surface area contributed by atoms with Gasteiger partial charge >= 0.3 is 0 Å². The summed E-state index contributed by atoms with van der Waals surface area (Å²) in [6, 6.07) is 6.62. The number of pyridine rings is 1. The zero-order valence-electron chi connectivity index (χ0n) is 9.61. The molecule has 1 aliphatic rings. The van der Waals surface area contributed by atoms with Crippen LogP contribution in [0.2, 0.25) is 0 Å². The lowest BCUT2D eigenvalue weighted by atomic mass is 10.0. The summed E-state index contributed by atoms with van der Waals surface area (Å²) in [6.07, 6.45) is 6.73. The van der Waals surface area contributed by atoms with Crippen LogP contribution in [-0.4, -0.2) is 11.5 Å². The molecular formula is C13H17N3. The zero-order chi connectivity index (χ0) is 11.4. The first-order chi connectivity index (χ1) is 7.76. The van der Waals surface area contributed by atoms with Gasteiger partial charge < -0.3 is 5.32 Å². The Labute approximate surface area is 96.5 Å². The lowest BCUT2D eigenvalue weighted by Gasteiger charge is -2.18. The number of aromatic nitrogens is 1. The smallest absolute Gasteiger partial charge is 0.0628 e. The second kappa shape index (κ2) is 4.63. The Morgan fingerprint density at radius 1 is 1.62 bits per heavy atom. The molecule has 84 valence electrons. The predicted octanol–water partition coefficient (Wildman–Crippen LogP) is 2.43. The first-order valence-electron chi connectivity index (χ1n) is 5.76. The van der Waals surface area contributed by atoms with Crippen LogP contribution in [0.15, 0.2) is 24.5 Å². The van der Waals surface area contributed by atoms with Crippen molar-refractivity contribution >= 4 is 0 Å². The van der Waals surface area contributed by atoms with Gasteiger partial charge in [-0.2, -0.15) is 5.26 Å². The molecule has 0 amide bonds.